The lowest BCUT2D eigenvalue weighted by Gasteiger charge is -2.18. The minimum absolute atomic E-state index is 0.0619. The molecule has 0 saturated carbocycles. The average molecular weight is 374 g/mol. The quantitative estimate of drug-likeness (QED) is 0.872. The molecule has 0 radical (unpaired) electrons. The topological polar surface area (TPSA) is 75.7 Å². The minimum Gasteiger partial charge on any atom is -0.497 e. The van der Waals surface area contributed by atoms with Crippen LogP contribution in [0.5, 0.6) is 5.75 Å². The Balaban J connectivity index is 1.92. The zero-order chi connectivity index (χ0) is 18.9. The van der Waals surface area contributed by atoms with Crippen LogP contribution in [0.3, 0.4) is 0 Å². The highest BCUT2D eigenvalue weighted by atomic mass is 32.2. The van der Waals surface area contributed by atoms with Gasteiger partial charge in [0.1, 0.15) is 5.75 Å². The van der Waals surface area contributed by atoms with E-state index in [2.05, 4.69) is 4.72 Å². The number of nitrogens with one attached hydrogen (secondary N) is 1. The first-order valence-electron chi connectivity index (χ1n) is 8.40. The van der Waals surface area contributed by atoms with E-state index >= 15 is 0 Å². The fraction of sp³-hybridized carbons (Fsp3) is 0.316. The second-order valence-electron chi connectivity index (χ2n) is 6.40. The number of methoxy groups -OCH3 is 1. The number of carbonyl (C=O) groups is 1. The van der Waals surface area contributed by atoms with Gasteiger partial charge >= 0.3 is 0 Å². The third-order valence-electron chi connectivity index (χ3n) is 4.42. The van der Waals surface area contributed by atoms with Gasteiger partial charge in [-0.2, -0.15) is 0 Å². The molecular weight excluding hydrogens is 352 g/mol. The molecule has 0 bridgehead atoms. The third-order valence-corrected chi connectivity index (χ3v) is 6.11. The summed E-state index contributed by atoms with van der Waals surface area (Å²) >= 11 is 0. The third kappa shape index (κ3) is 3.53. The van der Waals surface area contributed by atoms with Crippen LogP contribution in [-0.2, 0) is 14.8 Å². The highest BCUT2D eigenvalue weighted by molar-refractivity contribution is 7.92. The summed E-state index contributed by atoms with van der Waals surface area (Å²) in [7, 11) is -2.22. The first kappa shape index (κ1) is 18.3. The van der Waals surface area contributed by atoms with Crippen molar-refractivity contribution in [3.63, 3.8) is 0 Å². The molecule has 7 heteroatoms. The number of sulfonamides is 1. The van der Waals surface area contributed by atoms with Crippen LogP contribution in [0.1, 0.15) is 24.0 Å². The van der Waals surface area contributed by atoms with Gasteiger partial charge in [0.25, 0.3) is 10.0 Å². The van der Waals surface area contributed by atoms with Crippen molar-refractivity contribution in [2.75, 3.05) is 23.3 Å². The summed E-state index contributed by atoms with van der Waals surface area (Å²) in [6.07, 6.45) is 1.35. The van der Waals surface area contributed by atoms with Crippen molar-refractivity contribution in [1.82, 2.24) is 0 Å². The van der Waals surface area contributed by atoms with Crippen LogP contribution >= 0.6 is 0 Å². The lowest BCUT2D eigenvalue weighted by molar-refractivity contribution is -0.117. The maximum atomic E-state index is 12.9. The Morgan fingerprint density at radius 1 is 1.12 bits per heavy atom. The predicted octanol–water partition coefficient (Wildman–Crippen LogP) is 3.24. The van der Waals surface area contributed by atoms with E-state index in [1.54, 1.807) is 56.2 Å². The molecule has 1 saturated heterocycles. The standard InChI is InChI=1S/C19H22N2O4S/c1-13-10-17(25-3)11-14(2)19(13)26(23,24)20-15-6-4-7-16(12-15)21-9-5-8-18(21)22/h4,6-7,10-12,20H,5,8-9H2,1-3H3. The number of hydrogen-bond donors (Lipinski definition) is 1. The fourth-order valence-corrected chi connectivity index (χ4v) is 4.82. The van der Waals surface area contributed by atoms with Gasteiger partial charge < -0.3 is 9.64 Å². The zero-order valence-corrected chi connectivity index (χ0v) is 15.9. The summed E-state index contributed by atoms with van der Waals surface area (Å²) < 4.78 is 33.6. The first-order chi connectivity index (χ1) is 12.3. The molecule has 0 aromatic heterocycles. The summed E-state index contributed by atoms with van der Waals surface area (Å²) in [5.74, 6) is 0.681. The molecule has 26 heavy (non-hydrogen) atoms. The molecule has 0 unspecified atom stereocenters. The van der Waals surface area contributed by atoms with Gasteiger partial charge in [-0.15, -0.1) is 0 Å². The van der Waals surface area contributed by atoms with Crippen molar-refractivity contribution in [1.29, 1.82) is 0 Å². The minimum atomic E-state index is -3.76. The van der Waals surface area contributed by atoms with E-state index in [-0.39, 0.29) is 10.8 Å². The number of carbonyl (C=O) groups excluding carboxylic acids is 1. The smallest absolute Gasteiger partial charge is 0.262 e. The number of anilines is 2. The van der Waals surface area contributed by atoms with Gasteiger partial charge in [0.2, 0.25) is 5.91 Å². The number of rotatable bonds is 5. The molecule has 1 aliphatic heterocycles. The molecule has 3 rings (SSSR count). The molecule has 2 aromatic rings. The van der Waals surface area contributed by atoms with E-state index in [9.17, 15) is 13.2 Å². The van der Waals surface area contributed by atoms with E-state index < -0.39 is 10.0 Å². The molecule has 0 aliphatic carbocycles. The summed E-state index contributed by atoms with van der Waals surface area (Å²) in [4.78, 5) is 13.8. The Morgan fingerprint density at radius 3 is 2.38 bits per heavy atom. The van der Waals surface area contributed by atoms with Crippen LogP contribution in [0.25, 0.3) is 0 Å². The molecular formula is C19H22N2O4S. The zero-order valence-electron chi connectivity index (χ0n) is 15.1. The van der Waals surface area contributed by atoms with E-state index in [1.165, 1.54) is 0 Å². The second kappa shape index (κ2) is 6.99. The number of amides is 1. The van der Waals surface area contributed by atoms with Crippen LogP contribution in [-0.4, -0.2) is 28.0 Å². The number of hydrogen-bond acceptors (Lipinski definition) is 4. The number of aryl methyl sites for hydroxylation is 2. The van der Waals surface area contributed by atoms with Gasteiger partial charge in [0.05, 0.1) is 17.7 Å². The van der Waals surface area contributed by atoms with Gasteiger partial charge in [-0.25, -0.2) is 8.42 Å². The van der Waals surface area contributed by atoms with Crippen molar-refractivity contribution >= 4 is 27.3 Å². The molecule has 0 spiro atoms. The Bertz CT molecular complexity index is 931. The van der Waals surface area contributed by atoms with Crippen LogP contribution in [0.15, 0.2) is 41.3 Å². The molecule has 1 aliphatic rings. The van der Waals surface area contributed by atoms with Crippen molar-refractivity contribution in [2.45, 2.75) is 31.6 Å². The fourth-order valence-electron chi connectivity index (χ4n) is 3.32. The predicted molar refractivity (Wildman–Crippen MR) is 101 cm³/mol. The van der Waals surface area contributed by atoms with Gasteiger partial charge in [-0.05, 0) is 61.7 Å². The lowest BCUT2D eigenvalue weighted by atomic mass is 10.1. The highest BCUT2D eigenvalue weighted by Crippen LogP contribution is 2.29. The first-order valence-corrected chi connectivity index (χ1v) is 9.88. The Morgan fingerprint density at radius 2 is 1.81 bits per heavy atom. The summed E-state index contributed by atoms with van der Waals surface area (Å²) in [6.45, 7) is 4.14. The van der Waals surface area contributed by atoms with Gasteiger partial charge in [0.15, 0.2) is 0 Å². The van der Waals surface area contributed by atoms with Crippen molar-refractivity contribution in [3.05, 3.63) is 47.5 Å². The van der Waals surface area contributed by atoms with Crippen LogP contribution < -0.4 is 14.4 Å². The number of nitrogens with zero attached hydrogens (tertiary/aromatic N) is 1. The van der Waals surface area contributed by atoms with Gasteiger partial charge in [-0.3, -0.25) is 9.52 Å². The van der Waals surface area contributed by atoms with Crippen molar-refractivity contribution in [2.24, 2.45) is 0 Å². The molecule has 6 nitrogen and oxygen atoms in total. The van der Waals surface area contributed by atoms with E-state index in [0.717, 1.165) is 6.42 Å². The Kier molecular flexibility index (Phi) is 4.91. The monoisotopic (exact) mass is 374 g/mol. The van der Waals surface area contributed by atoms with Crippen LogP contribution in [0, 0.1) is 13.8 Å². The molecule has 0 atom stereocenters. The highest BCUT2D eigenvalue weighted by Gasteiger charge is 2.23. The molecule has 1 heterocycles. The molecule has 138 valence electrons. The largest absolute Gasteiger partial charge is 0.497 e. The van der Waals surface area contributed by atoms with Crippen molar-refractivity contribution < 1.29 is 17.9 Å². The van der Waals surface area contributed by atoms with Crippen molar-refractivity contribution in [3.8, 4) is 5.75 Å². The molecule has 2 aromatic carbocycles. The molecule has 1 N–H and O–H groups in total. The summed E-state index contributed by atoms with van der Waals surface area (Å²) in [5.41, 5.74) is 2.35. The maximum absolute atomic E-state index is 12.9. The van der Waals surface area contributed by atoms with E-state index in [1.807, 2.05) is 6.07 Å². The molecule has 1 fully saturated rings. The number of benzene rings is 2. The maximum Gasteiger partial charge on any atom is 0.262 e. The lowest BCUT2D eigenvalue weighted by Crippen LogP contribution is -2.23. The molecule has 1 amide bonds. The summed E-state index contributed by atoms with van der Waals surface area (Å²) in [6, 6.07) is 10.3. The van der Waals surface area contributed by atoms with Gasteiger partial charge in [-0.1, -0.05) is 6.07 Å². The summed E-state index contributed by atoms with van der Waals surface area (Å²) in [5, 5.41) is 0. The average Bonchev–Trinajstić information content (AvgIpc) is 2.99. The number of ether oxygens (including phenoxy) is 1. The van der Waals surface area contributed by atoms with E-state index in [0.29, 0.717) is 41.2 Å². The Hall–Kier alpha value is -2.54. The van der Waals surface area contributed by atoms with Gasteiger partial charge in [0, 0.05) is 18.7 Å². The second-order valence-corrected chi connectivity index (χ2v) is 8.01. The normalized spacial score (nSPS) is 14.6. The Labute approximate surface area is 153 Å². The van der Waals surface area contributed by atoms with Crippen LogP contribution in [0.4, 0.5) is 11.4 Å². The SMILES string of the molecule is COc1cc(C)c(S(=O)(=O)Nc2cccc(N3CCCC3=O)c2)c(C)c1. The van der Waals surface area contributed by atoms with Crippen LogP contribution in [0.2, 0.25) is 0 Å². The van der Waals surface area contributed by atoms with E-state index in [4.69, 9.17) is 4.74 Å².